The SMILES string of the molecule is O=S1(=O)CCC(N(CCCN2CCOCC2)S(=O)(=O)Cc2cccc(F)c2)C1. The van der Waals surface area contributed by atoms with Crippen LogP contribution in [0.5, 0.6) is 0 Å². The molecule has 2 heterocycles. The predicted molar refractivity (Wildman–Crippen MR) is 105 cm³/mol. The summed E-state index contributed by atoms with van der Waals surface area (Å²) in [5.74, 6) is -0.964. The lowest BCUT2D eigenvalue weighted by Crippen LogP contribution is -2.44. The maximum atomic E-state index is 13.5. The second-order valence-electron chi connectivity index (χ2n) is 7.36. The highest BCUT2D eigenvalue weighted by atomic mass is 32.2. The number of hydrogen-bond donors (Lipinski definition) is 0. The zero-order valence-corrected chi connectivity index (χ0v) is 17.4. The molecule has 0 amide bonds. The first-order valence-electron chi connectivity index (χ1n) is 9.50. The van der Waals surface area contributed by atoms with Gasteiger partial charge in [0, 0.05) is 25.7 Å². The molecule has 0 aliphatic carbocycles. The third kappa shape index (κ3) is 5.96. The molecule has 0 bridgehead atoms. The molecule has 0 saturated carbocycles. The van der Waals surface area contributed by atoms with Crippen molar-refractivity contribution in [3.63, 3.8) is 0 Å². The zero-order chi connectivity index (χ0) is 20.2. The fraction of sp³-hybridized carbons (Fsp3) is 0.667. The van der Waals surface area contributed by atoms with Crippen molar-refractivity contribution < 1.29 is 26.0 Å². The van der Waals surface area contributed by atoms with Crippen LogP contribution < -0.4 is 0 Å². The summed E-state index contributed by atoms with van der Waals surface area (Å²) in [6.45, 7) is 3.95. The summed E-state index contributed by atoms with van der Waals surface area (Å²) in [4.78, 5) is 2.21. The van der Waals surface area contributed by atoms with E-state index in [4.69, 9.17) is 4.74 Å². The summed E-state index contributed by atoms with van der Waals surface area (Å²) in [5, 5.41) is 0. The lowest BCUT2D eigenvalue weighted by Gasteiger charge is -2.30. The minimum absolute atomic E-state index is 0.00706. The van der Waals surface area contributed by atoms with E-state index in [2.05, 4.69) is 4.90 Å². The van der Waals surface area contributed by atoms with E-state index >= 15 is 0 Å². The number of hydrogen-bond acceptors (Lipinski definition) is 6. The van der Waals surface area contributed by atoms with Crippen LogP contribution in [0.25, 0.3) is 0 Å². The van der Waals surface area contributed by atoms with Crippen molar-refractivity contribution in [3.8, 4) is 0 Å². The van der Waals surface area contributed by atoms with E-state index in [-0.39, 0.29) is 23.8 Å². The van der Waals surface area contributed by atoms with E-state index in [9.17, 15) is 21.2 Å². The Morgan fingerprint density at radius 2 is 2.00 bits per heavy atom. The van der Waals surface area contributed by atoms with Crippen LogP contribution in [0.3, 0.4) is 0 Å². The number of benzene rings is 1. The highest BCUT2D eigenvalue weighted by Crippen LogP contribution is 2.23. The third-order valence-electron chi connectivity index (χ3n) is 5.17. The first kappa shape index (κ1) is 21.6. The van der Waals surface area contributed by atoms with Crippen LogP contribution >= 0.6 is 0 Å². The van der Waals surface area contributed by atoms with Crippen molar-refractivity contribution in [2.75, 3.05) is 50.9 Å². The van der Waals surface area contributed by atoms with Crippen LogP contribution in [0.4, 0.5) is 4.39 Å². The summed E-state index contributed by atoms with van der Waals surface area (Å²) in [5.41, 5.74) is 0.360. The van der Waals surface area contributed by atoms with Crippen LogP contribution in [0.2, 0.25) is 0 Å². The van der Waals surface area contributed by atoms with Gasteiger partial charge in [0.15, 0.2) is 9.84 Å². The van der Waals surface area contributed by atoms with Crippen LogP contribution in [0.1, 0.15) is 18.4 Å². The molecule has 0 N–H and O–H groups in total. The summed E-state index contributed by atoms with van der Waals surface area (Å²) in [7, 11) is -6.99. The van der Waals surface area contributed by atoms with Crippen molar-refractivity contribution in [3.05, 3.63) is 35.6 Å². The Hall–Kier alpha value is -1.07. The van der Waals surface area contributed by atoms with Gasteiger partial charge in [-0.3, -0.25) is 4.90 Å². The molecule has 2 saturated heterocycles. The van der Waals surface area contributed by atoms with Crippen LogP contribution in [-0.2, 0) is 30.4 Å². The molecule has 0 aromatic heterocycles. The molecule has 1 aromatic carbocycles. The van der Waals surface area contributed by atoms with Gasteiger partial charge >= 0.3 is 0 Å². The Labute approximate surface area is 166 Å². The number of ether oxygens (including phenoxy) is 1. The van der Waals surface area contributed by atoms with Gasteiger partial charge in [0.2, 0.25) is 10.0 Å². The Morgan fingerprint density at radius 1 is 1.25 bits per heavy atom. The number of morpholine rings is 1. The quantitative estimate of drug-likeness (QED) is 0.604. The molecule has 158 valence electrons. The molecule has 1 aromatic rings. The average Bonchev–Trinajstić information content (AvgIpc) is 2.98. The van der Waals surface area contributed by atoms with Gasteiger partial charge in [-0.2, -0.15) is 4.31 Å². The van der Waals surface area contributed by atoms with E-state index in [1.807, 2.05) is 0 Å². The largest absolute Gasteiger partial charge is 0.379 e. The van der Waals surface area contributed by atoms with Crippen LogP contribution in [0, 0.1) is 5.82 Å². The summed E-state index contributed by atoms with van der Waals surface area (Å²) in [6, 6.07) is 4.96. The normalized spacial score (nSPS) is 23.3. The Kier molecular flexibility index (Phi) is 7.08. The molecule has 2 fully saturated rings. The third-order valence-corrected chi connectivity index (χ3v) is 8.81. The minimum Gasteiger partial charge on any atom is -0.379 e. The molecular weight excluding hydrogens is 407 g/mol. The van der Waals surface area contributed by atoms with E-state index in [1.165, 1.54) is 22.5 Å². The maximum absolute atomic E-state index is 13.5. The topological polar surface area (TPSA) is 84.0 Å². The lowest BCUT2D eigenvalue weighted by molar-refractivity contribution is 0.0367. The molecule has 2 aliphatic rings. The lowest BCUT2D eigenvalue weighted by atomic mass is 10.2. The fourth-order valence-electron chi connectivity index (χ4n) is 3.75. The smallest absolute Gasteiger partial charge is 0.218 e. The Bertz CT molecular complexity index is 870. The van der Waals surface area contributed by atoms with Crippen molar-refractivity contribution in [2.24, 2.45) is 0 Å². The average molecular weight is 435 g/mol. The zero-order valence-electron chi connectivity index (χ0n) is 15.8. The Morgan fingerprint density at radius 3 is 2.64 bits per heavy atom. The molecule has 1 atom stereocenters. The summed E-state index contributed by atoms with van der Waals surface area (Å²) < 4.78 is 70.0. The monoisotopic (exact) mass is 434 g/mol. The number of sulfone groups is 1. The second kappa shape index (κ2) is 9.17. The van der Waals surface area contributed by atoms with Gasteiger partial charge in [0.1, 0.15) is 5.82 Å². The van der Waals surface area contributed by atoms with Crippen molar-refractivity contribution in [1.82, 2.24) is 9.21 Å². The van der Waals surface area contributed by atoms with E-state index in [0.29, 0.717) is 31.6 Å². The summed E-state index contributed by atoms with van der Waals surface area (Å²) >= 11 is 0. The highest BCUT2D eigenvalue weighted by Gasteiger charge is 2.37. The van der Waals surface area contributed by atoms with Gasteiger partial charge in [-0.25, -0.2) is 21.2 Å². The first-order chi connectivity index (χ1) is 13.3. The van der Waals surface area contributed by atoms with Gasteiger partial charge in [-0.15, -0.1) is 0 Å². The number of rotatable bonds is 8. The number of halogens is 1. The number of sulfonamides is 1. The molecule has 3 rings (SSSR count). The van der Waals surface area contributed by atoms with Gasteiger partial charge in [0.25, 0.3) is 0 Å². The minimum atomic E-state index is -3.77. The molecular formula is C18H27FN2O5S2. The van der Waals surface area contributed by atoms with E-state index in [1.54, 1.807) is 6.07 Å². The highest BCUT2D eigenvalue weighted by molar-refractivity contribution is 7.92. The predicted octanol–water partition coefficient (Wildman–Crippen LogP) is 0.867. The maximum Gasteiger partial charge on any atom is 0.218 e. The van der Waals surface area contributed by atoms with Gasteiger partial charge in [0.05, 0.1) is 30.5 Å². The molecule has 7 nitrogen and oxygen atoms in total. The fourth-order valence-corrected chi connectivity index (χ4v) is 7.38. The van der Waals surface area contributed by atoms with E-state index < -0.39 is 31.7 Å². The van der Waals surface area contributed by atoms with Crippen LogP contribution in [0.15, 0.2) is 24.3 Å². The van der Waals surface area contributed by atoms with Crippen molar-refractivity contribution in [2.45, 2.75) is 24.6 Å². The number of nitrogens with zero attached hydrogens (tertiary/aromatic N) is 2. The first-order valence-corrected chi connectivity index (χ1v) is 12.9. The molecule has 0 spiro atoms. The molecule has 10 heteroatoms. The van der Waals surface area contributed by atoms with Crippen molar-refractivity contribution >= 4 is 19.9 Å². The molecule has 2 aliphatic heterocycles. The standard InChI is InChI=1S/C18H27FN2O5S2/c19-17-4-1-3-16(13-17)14-28(24,25)21(18-5-12-27(22,23)15-18)7-2-6-20-8-10-26-11-9-20/h1,3-4,13,18H,2,5-12,14-15H2. The van der Waals surface area contributed by atoms with E-state index in [0.717, 1.165) is 19.6 Å². The van der Waals surface area contributed by atoms with Gasteiger partial charge in [-0.05, 0) is 37.1 Å². The summed E-state index contributed by atoms with van der Waals surface area (Å²) in [6.07, 6.45) is 0.918. The van der Waals surface area contributed by atoms with Crippen LogP contribution in [-0.4, -0.2) is 83.0 Å². The van der Waals surface area contributed by atoms with Crippen molar-refractivity contribution in [1.29, 1.82) is 0 Å². The molecule has 28 heavy (non-hydrogen) atoms. The van der Waals surface area contributed by atoms with Gasteiger partial charge < -0.3 is 4.74 Å². The Balaban J connectivity index is 1.70. The second-order valence-corrected chi connectivity index (χ2v) is 11.5. The molecule has 1 unspecified atom stereocenters. The van der Waals surface area contributed by atoms with Gasteiger partial charge in [-0.1, -0.05) is 12.1 Å². The molecule has 0 radical (unpaired) electrons.